The van der Waals surface area contributed by atoms with E-state index in [9.17, 15) is 22.8 Å². The molecule has 3 rings (SSSR count). The summed E-state index contributed by atoms with van der Waals surface area (Å²) in [6.45, 7) is 5.43. The van der Waals surface area contributed by atoms with Crippen LogP contribution in [0.2, 0.25) is 0 Å². The Morgan fingerprint density at radius 3 is 2.29 bits per heavy atom. The van der Waals surface area contributed by atoms with Crippen molar-refractivity contribution in [2.75, 3.05) is 37.6 Å². The van der Waals surface area contributed by atoms with Gasteiger partial charge in [0, 0.05) is 44.8 Å². The number of amides is 1. The van der Waals surface area contributed by atoms with Gasteiger partial charge in [0.15, 0.2) is 0 Å². The van der Waals surface area contributed by atoms with Gasteiger partial charge in [0.1, 0.15) is 0 Å². The van der Waals surface area contributed by atoms with Crippen molar-refractivity contribution in [3.63, 3.8) is 0 Å². The summed E-state index contributed by atoms with van der Waals surface area (Å²) in [5.74, 6) is -0.310. The molecule has 0 aromatic heterocycles. The summed E-state index contributed by atoms with van der Waals surface area (Å²) in [6.07, 6.45) is 0.697. The third-order valence-corrected chi connectivity index (χ3v) is 6.27. The fourth-order valence-electron chi connectivity index (χ4n) is 4.36. The average Bonchev–Trinajstić information content (AvgIpc) is 2.73. The van der Waals surface area contributed by atoms with E-state index in [2.05, 4.69) is 10.2 Å². The van der Waals surface area contributed by atoms with Crippen molar-refractivity contribution in [3.8, 4) is 0 Å². The monoisotopic (exact) mass is 461 g/mol. The Hall–Kier alpha value is -1.80. The lowest BCUT2D eigenvalue weighted by molar-refractivity contribution is -0.137. The zero-order valence-electron chi connectivity index (χ0n) is 17.8. The number of nitrogens with one attached hydrogen (secondary N) is 1. The number of piperazine rings is 1. The highest BCUT2D eigenvalue weighted by atomic mass is 35.5. The van der Waals surface area contributed by atoms with Gasteiger partial charge >= 0.3 is 6.18 Å². The van der Waals surface area contributed by atoms with E-state index in [1.54, 1.807) is 6.07 Å². The first-order valence-corrected chi connectivity index (χ1v) is 10.7. The van der Waals surface area contributed by atoms with Crippen molar-refractivity contribution >= 4 is 29.8 Å². The van der Waals surface area contributed by atoms with Crippen LogP contribution in [0.25, 0.3) is 0 Å². The fraction of sp³-hybridized carbons (Fsp3) is 0.636. The number of carbonyl (C=O) groups is 2. The third kappa shape index (κ3) is 7.38. The second kappa shape index (κ2) is 11.2. The van der Waals surface area contributed by atoms with Crippen LogP contribution in [0.15, 0.2) is 24.3 Å². The molecule has 1 aliphatic carbocycles. The second-order valence-electron chi connectivity index (χ2n) is 8.41. The summed E-state index contributed by atoms with van der Waals surface area (Å²) in [7, 11) is 0. The van der Waals surface area contributed by atoms with Crippen molar-refractivity contribution in [2.45, 2.75) is 51.2 Å². The first-order valence-electron chi connectivity index (χ1n) is 10.7. The van der Waals surface area contributed by atoms with Gasteiger partial charge in [-0.3, -0.25) is 14.5 Å². The number of anilines is 1. The van der Waals surface area contributed by atoms with Crippen molar-refractivity contribution < 1.29 is 22.8 Å². The normalized spacial score (nSPS) is 22.5. The Kier molecular flexibility index (Phi) is 9.18. The maximum Gasteiger partial charge on any atom is 0.416 e. The van der Waals surface area contributed by atoms with E-state index in [-0.39, 0.29) is 18.4 Å². The minimum absolute atomic E-state index is 0. The minimum atomic E-state index is -4.31. The van der Waals surface area contributed by atoms with Crippen LogP contribution in [0, 0.1) is 5.92 Å². The Bertz CT molecular complexity index is 744. The lowest BCUT2D eigenvalue weighted by Crippen LogP contribution is -2.47. The molecule has 1 saturated carbocycles. The number of alkyl halides is 3. The van der Waals surface area contributed by atoms with Crippen LogP contribution in [0.4, 0.5) is 18.9 Å². The molecule has 1 amide bonds. The van der Waals surface area contributed by atoms with Crippen LogP contribution in [0.3, 0.4) is 0 Å². The first kappa shape index (κ1) is 25.5. The van der Waals surface area contributed by atoms with Crippen molar-refractivity contribution in [1.82, 2.24) is 10.2 Å². The average molecular weight is 462 g/mol. The minimum Gasteiger partial charge on any atom is -0.369 e. The summed E-state index contributed by atoms with van der Waals surface area (Å²) in [4.78, 5) is 27.0. The van der Waals surface area contributed by atoms with Crippen LogP contribution in [-0.4, -0.2) is 55.4 Å². The van der Waals surface area contributed by atoms with Crippen molar-refractivity contribution in [2.24, 2.45) is 5.92 Å². The number of rotatable bonds is 6. The van der Waals surface area contributed by atoms with Crippen molar-refractivity contribution in [3.05, 3.63) is 29.8 Å². The van der Waals surface area contributed by atoms with Gasteiger partial charge in [-0.25, -0.2) is 0 Å². The number of benzene rings is 1. The third-order valence-electron chi connectivity index (χ3n) is 6.27. The molecule has 1 saturated heterocycles. The standard InChI is InChI=1S/C22H30F3N3O2.ClH/c1-16(29)21(30)26-19-7-5-17(6-8-19)9-10-27-11-13-28(14-12-27)20-4-2-3-18(15-20)22(23,24)25;/h2-4,15,17,19H,5-14H2,1H3,(H,26,30);1H. The van der Waals surface area contributed by atoms with Gasteiger partial charge in [-0.1, -0.05) is 6.07 Å². The maximum absolute atomic E-state index is 12.9. The second-order valence-corrected chi connectivity index (χ2v) is 8.41. The fourth-order valence-corrected chi connectivity index (χ4v) is 4.36. The van der Waals surface area contributed by atoms with Crippen LogP contribution in [0.1, 0.15) is 44.6 Å². The molecule has 0 atom stereocenters. The zero-order chi connectivity index (χ0) is 21.7. The smallest absolute Gasteiger partial charge is 0.369 e. The quantitative estimate of drug-likeness (QED) is 0.653. The summed E-state index contributed by atoms with van der Waals surface area (Å²) >= 11 is 0. The molecule has 1 aromatic carbocycles. The van der Waals surface area contributed by atoms with Crippen LogP contribution >= 0.6 is 12.4 Å². The molecule has 2 fully saturated rings. The molecule has 9 heteroatoms. The van der Waals surface area contributed by atoms with E-state index in [0.29, 0.717) is 11.6 Å². The van der Waals surface area contributed by atoms with Gasteiger partial charge < -0.3 is 10.2 Å². The predicted octanol–water partition coefficient (Wildman–Crippen LogP) is 3.90. The molecule has 1 heterocycles. The Morgan fingerprint density at radius 2 is 1.71 bits per heavy atom. The van der Waals surface area contributed by atoms with E-state index in [0.717, 1.165) is 70.9 Å². The topological polar surface area (TPSA) is 52.7 Å². The Balaban J connectivity index is 0.00000341. The summed E-state index contributed by atoms with van der Waals surface area (Å²) in [5.41, 5.74) is 0.0351. The highest BCUT2D eigenvalue weighted by Gasteiger charge is 2.31. The van der Waals surface area contributed by atoms with E-state index in [1.165, 1.54) is 19.1 Å². The molecule has 1 N–H and O–H groups in total. The molecule has 0 radical (unpaired) electrons. The molecular formula is C22H31ClF3N3O2. The number of Topliss-reactive ketones (excluding diaryl/α,β-unsaturated/α-hetero) is 1. The predicted molar refractivity (Wildman–Crippen MR) is 117 cm³/mol. The van der Waals surface area contributed by atoms with Gasteiger partial charge in [0.05, 0.1) is 5.56 Å². The van der Waals surface area contributed by atoms with Gasteiger partial charge in [-0.2, -0.15) is 13.2 Å². The van der Waals surface area contributed by atoms with Crippen LogP contribution in [-0.2, 0) is 15.8 Å². The Morgan fingerprint density at radius 1 is 1.06 bits per heavy atom. The SMILES string of the molecule is CC(=O)C(=O)NC1CCC(CCN2CCN(c3cccc(C(F)(F)F)c3)CC2)CC1.Cl. The van der Waals surface area contributed by atoms with E-state index < -0.39 is 23.4 Å². The summed E-state index contributed by atoms with van der Waals surface area (Å²) < 4.78 is 38.8. The van der Waals surface area contributed by atoms with Gasteiger partial charge in [-0.15, -0.1) is 12.4 Å². The highest BCUT2D eigenvalue weighted by molar-refractivity contribution is 6.35. The van der Waals surface area contributed by atoms with Crippen molar-refractivity contribution in [1.29, 1.82) is 0 Å². The molecule has 0 bridgehead atoms. The molecular weight excluding hydrogens is 431 g/mol. The lowest BCUT2D eigenvalue weighted by Gasteiger charge is -2.37. The molecule has 1 aromatic rings. The summed E-state index contributed by atoms with van der Waals surface area (Å²) in [5, 5.41) is 2.80. The molecule has 0 spiro atoms. The van der Waals surface area contributed by atoms with Gasteiger partial charge in [0.2, 0.25) is 5.78 Å². The molecule has 1 aliphatic heterocycles. The number of halogens is 4. The number of carbonyl (C=O) groups excluding carboxylic acids is 2. The van der Waals surface area contributed by atoms with E-state index in [1.807, 2.05) is 4.90 Å². The molecule has 31 heavy (non-hydrogen) atoms. The molecule has 5 nitrogen and oxygen atoms in total. The van der Waals surface area contributed by atoms with Crippen LogP contribution in [0.5, 0.6) is 0 Å². The Labute approximate surface area is 187 Å². The molecule has 2 aliphatic rings. The van der Waals surface area contributed by atoms with Crippen LogP contribution < -0.4 is 10.2 Å². The summed E-state index contributed by atoms with van der Waals surface area (Å²) in [6, 6.07) is 5.67. The van der Waals surface area contributed by atoms with Gasteiger partial charge in [-0.05, 0) is 62.8 Å². The highest BCUT2D eigenvalue weighted by Crippen LogP contribution is 2.32. The molecule has 0 unspecified atom stereocenters. The maximum atomic E-state index is 12.9. The van der Waals surface area contributed by atoms with E-state index >= 15 is 0 Å². The number of nitrogens with zero attached hydrogens (tertiary/aromatic N) is 2. The molecule has 174 valence electrons. The van der Waals surface area contributed by atoms with Gasteiger partial charge in [0.25, 0.3) is 5.91 Å². The number of hydrogen-bond acceptors (Lipinski definition) is 4. The number of hydrogen-bond donors (Lipinski definition) is 1. The zero-order valence-corrected chi connectivity index (χ0v) is 18.6. The van der Waals surface area contributed by atoms with E-state index in [4.69, 9.17) is 0 Å². The number of ketones is 1. The lowest BCUT2D eigenvalue weighted by atomic mass is 9.84. The first-order chi connectivity index (χ1) is 14.2. The largest absolute Gasteiger partial charge is 0.416 e.